The molecule has 100 valence electrons. The lowest BCUT2D eigenvalue weighted by Crippen LogP contribution is -2.23. The summed E-state index contributed by atoms with van der Waals surface area (Å²) in [6, 6.07) is 7.59. The van der Waals surface area contributed by atoms with Crippen molar-refractivity contribution >= 4 is 23.2 Å². The normalized spacial score (nSPS) is 12.4. The van der Waals surface area contributed by atoms with Crippen molar-refractivity contribution in [1.29, 1.82) is 0 Å². The highest BCUT2D eigenvalue weighted by molar-refractivity contribution is 6.33. The molecular weight excluding hydrogens is 279 g/mol. The second-order valence-corrected chi connectivity index (χ2v) is 5.23. The second kappa shape index (κ2) is 6.38. The number of rotatable bonds is 4. The maximum Gasteiger partial charge on any atom is 0.0595 e. The molecule has 0 aliphatic heterocycles. The van der Waals surface area contributed by atoms with Gasteiger partial charge in [-0.05, 0) is 54.4 Å². The Morgan fingerprint density at radius 3 is 2.68 bits per heavy atom. The summed E-state index contributed by atoms with van der Waals surface area (Å²) in [6.45, 7) is 4.96. The third-order valence-corrected chi connectivity index (χ3v) is 3.63. The summed E-state index contributed by atoms with van der Waals surface area (Å²) in [5.41, 5.74) is 3.29. The molecule has 1 aromatic carbocycles. The Balaban J connectivity index is 2.51. The summed E-state index contributed by atoms with van der Waals surface area (Å²) in [5.74, 6) is 0. The van der Waals surface area contributed by atoms with Crippen LogP contribution in [0.1, 0.15) is 29.7 Å². The van der Waals surface area contributed by atoms with E-state index in [0.29, 0.717) is 10.0 Å². The molecule has 2 rings (SSSR count). The molecule has 0 spiro atoms. The zero-order valence-corrected chi connectivity index (χ0v) is 12.5. The highest BCUT2D eigenvalue weighted by atomic mass is 35.5. The van der Waals surface area contributed by atoms with Gasteiger partial charge in [-0.1, -0.05) is 30.1 Å². The summed E-state index contributed by atoms with van der Waals surface area (Å²) >= 11 is 12.4. The molecule has 0 fully saturated rings. The van der Waals surface area contributed by atoms with Crippen LogP contribution in [0.2, 0.25) is 10.0 Å². The van der Waals surface area contributed by atoms with Crippen molar-refractivity contribution < 1.29 is 0 Å². The molecule has 0 aliphatic carbocycles. The number of aromatic nitrogens is 1. The van der Waals surface area contributed by atoms with E-state index in [0.717, 1.165) is 17.7 Å². The first-order valence-corrected chi connectivity index (χ1v) is 6.98. The molecule has 0 saturated carbocycles. The van der Waals surface area contributed by atoms with Crippen LogP contribution >= 0.6 is 23.2 Å². The van der Waals surface area contributed by atoms with Gasteiger partial charge in [0.05, 0.1) is 6.04 Å². The summed E-state index contributed by atoms with van der Waals surface area (Å²) in [7, 11) is 0. The van der Waals surface area contributed by atoms with Gasteiger partial charge >= 0.3 is 0 Å². The van der Waals surface area contributed by atoms with Crippen molar-refractivity contribution in [3.63, 3.8) is 0 Å². The fourth-order valence-corrected chi connectivity index (χ4v) is 2.54. The Morgan fingerprint density at radius 2 is 2.00 bits per heavy atom. The third-order valence-electron chi connectivity index (χ3n) is 3.05. The highest BCUT2D eigenvalue weighted by Gasteiger charge is 2.18. The Bertz CT molecular complexity index is 570. The monoisotopic (exact) mass is 294 g/mol. The average Bonchev–Trinajstić information content (AvgIpc) is 2.40. The maximum absolute atomic E-state index is 6.31. The van der Waals surface area contributed by atoms with Gasteiger partial charge in [0.15, 0.2) is 0 Å². The van der Waals surface area contributed by atoms with Crippen LogP contribution in [-0.4, -0.2) is 11.5 Å². The molecule has 19 heavy (non-hydrogen) atoms. The van der Waals surface area contributed by atoms with E-state index >= 15 is 0 Å². The predicted octanol–water partition coefficient (Wildman–Crippen LogP) is 4.40. The number of aryl methyl sites for hydroxylation is 1. The van der Waals surface area contributed by atoms with Gasteiger partial charge in [-0.25, -0.2) is 0 Å². The largest absolute Gasteiger partial charge is 0.306 e. The van der Waals surface area contributed by atoms with E-state index in [1.807, 2.05) is 31.3 Å². The number of benzene rings is 1. The molecule has 1 aromatic heterocycles. The van der Waals surface area contributed by atoms with E-state index in [4.69, 9.17) is 23.2 Å². The molecule has 2 nitrogen and oxygen atoms in total. The van der Waals surface area contributed by atoms with Gasteiger partial charge in [0.25, 0.3) is 0 Å². The molecule has 0 bridgehead atoms. The minimum atomic E-state index is 0.0270. The van der Waals surface area contributed by atoms with Crippen molar-refractivity contribution in [2.75, 3.05) is 6.54 Å². The number of nitrogens with zero attached hydrogens (tertiary/aromatic N) is 1. The summed E-state index contributed by atoms with van der Waals surface area (Å²) in [4.78, 5) is 4.13. The molecule has 0 radical (unpaired) electrons. The van der Waals surface area contributed by atoms with Gasteiger partial charge in [-0.2, -0.15) is 0 Å². The first-order valence-electron chi connectivity index (χ1n) is 6.22. The van der Waals surface area contributed by atoms with E-state index < -0.39 is 0 Å². The molecule has 0 saturated heterocycles. The Hall–Kier alpha value is -1.09. The minimum Gasteiger partial charge on any atom is -0.306 e. The molecule has 0 aliphatic rings. The number of nitrogens with one attached hydrogen (secondary N) is 1. The molecule has 1 atom stereocenters. The van der Waals surface area contributed by atoms with Crippen LogP contribution in [0.25, 0.3) is 0 Å². The molecule has 4 heteroatoms. The third kappa shape index (κ3) is 3.27. The second-order valence-electron chi connectivity index (χ2n) is 4.39. The van der Waals surface area contributed by atoms with Gasteiger partial charge in [0.2, 0.25) is 0 Å². The zero-order chi connectivity index (χ0) is 13.8. The smallest absolute Gasteiger partial charge is 0.0595 e. The van der Waals surface area contributed by atoms with Crippen LogP contribution in [-0.2, 0) is 0 Å². The SMILES string of the molecule is CCNC(c1ccncc1C)c1cc(Cl)ccc1Cl. The van der Waals surface area contributed by atoms with Crippen molar-refractivity contribution in [3.05, 3.63) is 63.4 Å². The first kappa shape index (κ1) is 14.3. The fraction of sp³-hybridized carbons (Fsp3) is 0.267. The summed E-state index contributed by atoms with van der Waals surface area (Å²) < 4.78 is 0. The summed E-state index contributed by atoms with van der Waals surface area (Å²) in [6.07, 6.45) is 3.66. The van der Waals surface area contributed by atoms with Crippen molar-refractivity contribution in [3.8, 4) is 0 Å². The quantitative estimate of drug-likeness (QED) is 0.904. The zero-order valence-electron chi connectivity index (χ0n) is 11.0. The van der Waals surface area contributed by atoms with E-state index in [2.05, 4.69) is 17.2 Å². The number of hydrogen-bond donors (Lipinski definition) is 1. The Kier molecular flexibility index (Phi) is 4.81. The Labute approximate surface area is 123 Å². The molecule has 2 aromatic rings. The molecule has 1 unspecified atom stereocenters. The average molecular weight is 295 g/mol. The number of halogens is 2. The predicted molar refractivity (Wildman–Crippen MR) is 81.0 cm³/mol. The van der Waals surface area contributed by atoms with Crippen LogP contribution in [0.15, 0.2) is 36.7 Å². The van der Waals surface area contributed by atoms with Gasteiger partial charge in [0, 0.05) is 22.4 Å². The van der Waals surface area contributed by atoms with Crippen molar-refractivity contribution in [2.24, 2.45) is 0 Å². The fourth-order valence-electron chi connectivity index (χ4n) is 2.14. The van der Waals surface area contributed by atoms with Crippen LogP contribution in [0, 0.1) is 6.92 Å². The van der Waals surface area contributed by atoms with E-state index in [1.54, 1.807) is 12.3 Å². The lowest BCUT2D eigenvalue weighted by atomic mass is 9.96. The lowest BCUT2D eigenvalue weighted by molar-refractivity contribution is 0.627. The number of pyridine rings is 1. The van der Waals surface area contributed by atoms with E-state index in [1.165, 1.54) is 5.56 Å². The highest BCUT2D eigenvalue weighted by Crippen LogP contribution is 2.31. The maximum atomic E-state index is 6.31. The standard InChI is InChI=1S/C15H16Cl2N2/c1-3-19-15(12-6-7-18-9-10(12)2)13-8-11(16)4-5-14(13)17/h4-9,15,19H,3H2,1-2H3. The van der Waals surface area contributed by atoms with Crippen molar-refractivity contribution in [1.82, 2.24) is 10.3 Å². The van der Waals surface area contributed by atoms with Gasteiger partial charge < -0.3 is 5.32 Å². The topological polar surface area (TPSA) is 24.9 Å². The Morgan fingerprint density at radius 1 is 1.21 bits per heavy atom. The molecular formula is C15H16Cl2N2. The van der Waals surface area contributed by atoms with E-state index in [9.17, 15) is 0 Å². The van der Waals surface area contributed by atoms with E-state index in [-0.39, 0.29) is 6.04 Å². The molecule has 1 heterocycles. The first-order chi connectivity index (χ1) is 9.13. The van der Waals surface area contributed by atoms with Crippen LogP contribution < -0.4 is 5.32 Å². The van der Waals surface area contributed by atoms with Crippen molar-refractivity contribution in [2.45, 2.75) is 19.9 Å². The van der Waals surface area contributed by atoms with Gasteiger partial charge in [0.1, 0.15) is 0 Å². The van der Waals surface area contributed by atoms with Crippen LogP contribution in [0.5, 0.6) is 0 Å². The van der Waals surface area contributed by atoms with Crippen LogP contribution in [0.3, 0.4) is 0 Å². The summed E-state index contributed by atoms with van der Waals surface area (Å²) in [5, 5.41) is 4.86. The number of hydrogen-bond acceptors (Lipinski definition) is 2. The lowest BCUT2D eigenvalue weighted by Gasteiger charge is -2.22. The molecule has 1 N–H and O–H groups in total. The minimum absolute atomic E-state index is 0.0270. The van der Waals surface area contributed by atoms with Gasteiger partial charge in [-0.3, -0.25) is 4.98 Å². The van der Waals surface area contributed by atoms with Crippen LogP contribution in [0.4, 0.5) is 0 Å². The van der Waals surface area contributed by atoms with Gasteiger partial charge in [-0.15, -0.1) is 0 Å². The molecule has 0 amide bonds.